The number of nitrogens with zero attached hydrogens (tertiary/aromatic N) is 1. The molecule has 8 heteroatoms. The second-order valence-electron chi connectivity index (χ2n) is 4.32. The highest BCUT2D eigenvalue weighted by atomic mass is 35.5. The average Bonchev–Trinajstić information content (AvgIpc) is 2.82. The number of ether oxygens (including phenoxy) is 1. The predicted molar refractivity (Wildman–Crippen MR) is 76.7 cm³/mol. The van der Waals surface area contributed by atoms with Gasteiger partial charge in [0.1, 0.15) is 16.6 Å². The molecule has 0 amide bonds. The van der Waals surface area contributed by atoms with Crippen LogP contribution < -0.4 is 4.74 Å². The Morgan fingerprint density at radius 3 is 2.55 bits per heavy atom. The smallest absolute Gasteiger partial charge is 0.404 e. The van der Waals surface area contributed by atoms with Gasteiger partial charge in [0.2, 0.25) is 0 Å². The summed E-state index contributed by atoms with van der Waals surface area (Å²) in [5.41, 5.74) is 1.01. The Labute approximate surface area is 130 Å². The lowest BCUT2D eigenvalue weighted by molar-refractivity contribution is -0.274. The van der Waals surface area contributed by atoms with Crippen LogP contribution in [-0.4, -0.2) is 11.3 Å². The van der Waals surface area contributed by atoms with E-state index in [1.165, 1.54) is 35.6 Å². The zero-order chi connectivity index (χ0) is 15.9. The monoisotopic (exact) mass is 347 g/mol. The highest BCUT2D eigenvalue weighted by molar-refractivity contribution is 7.21. The molecule has 0 aliphatic heterocycles. The van der Waals surface area contributed by atoms with Gasteiger partial charge in [-0.15, -0.1) is 24.5 Å². The quantitative estimate of drug-likeness (QED) is 0.558. The van der Waals surface area contributed by atoms with Gasteiger partial charge >= 0.3 is 6.36 Å². The van der Waals surface area contributed by atoms with Crippen LogP contribution in [0.4, 0.5) is 17.6 Å². The zero-order valence-electron chi connectivity index (χ0n) is 10.6. The molecule has 114 valence electrons. The van der Waals surface area contributed by atoms with E-state index in [1.807, 2.05) is 0 Å². The highest BCUT2D eigenvalue weighted by Gasteiger charge is 2.32. The van der Waals surface area contributed by atoms with Crippen molar-refractivity contribution in [2.75, 3.05) is 0 Å². The molecule has 2 nitrogen and oxygen atoms in total. The summed E-state index contributed by atoms with van der Waals surface area (Å²) in [4.78, 5) is 4.25. The van der Waals surface area contributed by atoms with Crippen molar-refractivity contribution in [3.63, 3.8) is 0 Å². The third-order valence-corrected chi connectivity index (χ3v) is 4.13. The lowest BCUT2D eigenvalue weighted by Crippen LogP contribution is -2.17. The maximum absolute atomic E-state index is 13.1. The predicted octanol–water partition coefficient (Wildman–Crippen LogP) is 5.65. The van der Waals surface area contributed by atoms with Gasteiger partial charge in [-0.3, -0.25) is 0 Å². The summed E-state index contributed by atoms with van der Waals surface area (Å²) in [7, 11) is 0. The zero-order valence-corrected chi connectivity index (χ0v) is 12.2. The van der Waals surface area contributed by atoms with Crippen LogP contribution in [0.2, 0.25) is 5.02 Å². The number of rotatable bonds is 2. The van der Waals surface area contributed by atoms with E-state index in [0.717, 1.165) is 10.8 Å². The number of hydrogen-bond donors (Lipinski definition) is 0. The second kappa shape index (κ2) is 5.40. The van der Waals surface area contributed by atoms with E-state index in [9.17, 15) is 17.6 Å². The standard InChI is InChI=1S/C14H6ClF4NOS/c15-9-5-7(1-3-11(9)21-14(17,18)19)13-20-10-6-8(16)2-4-12(10)22-13/h1-6H. The van der Waals surface area contributed by atoms with E-state index in [2.05, 4.69) is 9.72 Å². The van der Waals surface area contributed by atoms with Gasteiger partial charge in [-0.1, -0.05) is 11.6 Å². The van der Waals surface area contributed by atoms with Crippen molar-refractivity contribution in [1.29, 1.82) is 0 Å². The number of fused-ring (bicyclic) bond motifs is 1. The number of thiazole rings is 1. The molecule has 0 atom stereocenters. The van der Waals surface area contributed by atoms with Gasteiger partial charge in [0.25, 0.3) is 0 Å². The molecule has 0 radical (unpaired) electrons. The fourth-order valence-corrected chi connectivity index (χ4v) is 3.03. The van der Waals surface area contributed by atoms with Crippen molar-refractivity contribution >= 4 is 33.2 Å². The molecular weight excluding hydrogens is 342 g/mol. The van der Waals surface area contributed by atoms with E-state index in [1.54, 1.807) is 6.07 Å². The molecule has 0 bridgehead atoms. The molecule has 1 heterocycles. The first-order valence-electron chi connectivity index (χ1n) is 5.93. The molecule has 0 unspecified atom stereocenters. The van der Waals surface area contributed by atoms with Gasteiger partial charge in [0.15, 0.2) is 0 Å². The van der Waals surface area contributed by atoms with E-state index in [0.29, 0.717) is 16.1 Å². The van der Waals surface area contributed by atoms with Crippen LogP contribution in [0.5, 0.6) is 5.75 Å². The third-order valence-electron chi connectivity index (χ3n) is 2.75. The van der Waals surface area contributed by atoms with Gasteiger partial charge < -0.3 is 4.74 Å². The van der Waals surface area contributed by atoms with Crippen LogP contribution in [0.3, 0.4) is 0 Å². The van der Waals surface area contributed by atoms with Crippen molar-refractivity contribution in [1.82, 2.24) is 4.98 Å². The molecular formula is C14H6ClF4NOS. The molecule has 0 saturated carbocycles. The molecule has 0 fully saturated rings. The summed E-state index contributed by atoms with van der Waals surface area (Å²) in [5.74, 6) is -0.888. The van der Waals surface area contributed by atoms with Crippen LogP contribution in [0.15, 0.2) is 36.4 Å². The number of halogens is 5. The van der Waals surface area contributed by atoms with E-state index >= 15 is 0 Å². The second-order valence-corrected chi connectivity index (χ2v) is 5.76. The normalized spacial score (nSPS) is 11.9. The fraction of sp³-hybridized carbons (Fsp3) is 0.0714. The van der Waals surface area contributed by atoms with Crippen LogP contribution >= 0.6 is 22.9 Å². The van der Waals surface area contributed by atoms with Crippen LogP contribution in [0.25, 0.3) is 20.8 Å². The lowest BCUT2D eigenvalue weighted by atomic mass is 10.2. The maximum Gasteiger partial charge on any atom is 0.573 e. The third kappa shape index (κ3) is 3.15. The molecule has 1 aromatic heterocycles. The maximum atomic E-state index is 13.1. The first kappa shape index (κ1) is 15.1. The van der Waals surface area contributed by atoms with Crippen LogP contribution in [0, 0.1) is 5.82 Å². The molecule has 3 rings (SSSR count). The Balaban J connectivity index is 1.98. The molecule has 0 aliphatic carbocycles. The Morgan fingerprint density at radius 1 is 1.09 bits per heavy atom. The largest absolute Gasteiger partial charge is 0.573 e. The summed E-state index contributed by atoms with van der Waals surface area (Å²) < 4.78 is 54.3. The van der Waals surface area contributed by atoms with E-state index in [4.69, 9.17) is 11.6 Å². The summed E-state index contributed by atoms with van der Waals surface area (Å²) in [6, 6.07) is 8.07. The number of aromatic nitrogens is 1. The highest BCUT2D eigenvalue weighted by Crippen LogP contribution is 2.36. The van der Waals surface area contributed by atoms with E-state index in [-0.39, 0.29) is 5.02 Å². The Bertz CT molecular complexity index is 846. The molecule has 3 aromatic rings. The molecule has 22 heavy (non-hydrogen) atoms. The first-order valence-corrected chi connectivity index (χ1v) is 7.13. The first-order chi connectivity index (χ1) is 10.3. The summed E-state index contributed by atoms with van der Waals surface area (Å²) in [6.07, 6.45) is -4.81. The number of hydrogen-bond acceptors (Lipinski definition) is 3. The van der Waals surface area contributed by atoms with Crippen LogP contribution in [0.1, 0.15) is 0 Å². The molecule has 0 N–H and O–H groups in total. The van der Waals surface area contributed by atoms with Gasteiger partial charge in [0, 0.05) is 11.6 Å². The Kier molecular flexibility index (Phi) is 3.70. The topological polar surface area (TPSA) is 22.1 Å². The van der Waals surface area contributed by atoms with Gasteiger partial charge in [-0.05, 0) is 30.3 Å². The van der Waals surface area contributed by atoms with Gasteiger partial charge in [-0.2, -0.15) is 0 Å². The lowest BCUT2D eigenvalue weighted by Gasteiger charge is -2.10. The molecule has 0 spiro atoms. The van der Waals surface area contributed by atoms with Crippen molar-refractivity contribution in [3.05, 3.63) is 47.2 Å². The Morgan fingerprint density at radius 2 is 1.86 bits per heavy atom. The number of benzene rings is 2. The SMILES string of the molecule is Fc1ccc2sc(-c3ccc(OC(F)(F)F)c(Cl)c3)nc2c1. The molecule has 0 saturated heterocycles. The minimum absolute atomic E-state index is 0.180. The minimum Gasteiger partial charge on any atom is -0.404 e. The van der Waals surface area contributed by atoms with Crippen molar-refractivity contribution < 1.29 is 22.3 Å². The average molecular weight is 348 g/mol. The fourth-order valence-electron chi connectivity index (χ4n) is 1.87. The summed E-state index contributed by atoms with van der Waals surface area (Å²) in [6.45, 7) is 0. The summed E-state index contributed by atoms with van der Waals surface area (Å²) in [5, 5.41) is 0.348. The van der Waals surface area contributed by atoms with Crippen molar-refractivity contribution in [2.45, 2.75) is 6.36 Å². The molecule has 0 aliphatic rings. The van der Waals surface area contributed by atoms with Gasteiger partial charge in [-0.25, -0.2) is 9.37 Å². The van der Waals surface area contributed by atoms with Crippen LogP contribution in [-0.2, 0) is 0 Å². The van der Waals surface area contributed by atoms with Gasteiger partial charge in [0.05, 0.1) is 15.2 Å². The molecule has 2 aromatic carbocycles. The minimum atomic E-state index is -4.81. The van der Waals surface area contributed by atoms with Crippen molar-refractivity contribution in [3.8, 4) is 16.3 Å². The van der Waals surface area contributed by atoms with E-state index < -0.39 is 17.9 Å². The van der Waals surface area contributed by atoms with Crippen molar-refractivity contribution in [2.24, 2.45) is 0 Å². The summed E-state index contributed by atoms with van der Waals surface area (Å²) >= 11 is 7.09. The Hall–Kier alpha value is -1.86. The number of alkyl halides is 3.